The van der Waals surface area contributed by atoms with Crippen LogP contribution >= 0.6 is 0 Å². The van der Waals surface area contributed by atoms with E-state index in [0.29, 0.717) is 0 Å². The zero-order valence-electron chi connectivity index (χ0n) is 11.4. The molecule has 0 radical (unpaired) electrons. The summed E-state index contributed by atoms with van der Waals surface area (Å²) in [5.41, 5.74) is 17.0. The van der Waals surface area contributed by atoms with Gasteiger partial charge in [0, 0.05) is 23.5 Å². The fraction of sp³-hybridized carbons (Fsp3) is 1.00. The number of nitrogens with zero attached hydrogens (tertiary/aromatic N) is 6. The lowest BCUT2D eigenvalue weighted by molar-refractivity contribution is -0.218. The Balaban J connectivity index is 2.16. The summed E-state index contributed by atoms with van der Waals surface area (Å²) in [5, 5.41) is 7.03. The monoisotopic (exact) mass is 284 g/mol. The smallest absolute Gasteiger partial charge is 0.190 e. The third-order valence-electron chi connectivity index (χ3n) is 3.21. The maximum atomic E-state index is 8.61. The van der Waals surface area contributed by atoms with Crippen molar-refractivity contribution in [1.29, 1.82) is 0 Å². The van der Waals surface area contributed by atoms with Gasteiger partial charge in [-0.1, -0.05) is 10.2 Å². The van der Waals surface area contributed by atoms with Gasteiger partial charge >= 0.3 is 0 Å². The summed E-state index contributed by atoms with van der Waals surface area (Å²) in [7, 11) is 1.51. The Kier molecular flexibility index (Phi) is 4.34. The SMILES string of the molecule is CO[C@@H]1[C@H]2OC(C)(C)O[C@H]2O[C@@H]1[C@H](CN=[N+]=[N-])N=[N+]=[N-]. The molecule has 0 N–H and O–H groups in total. The average molecular weight is 284 g/mol. The molecule has 0 saturated carbocycles. The molecule has 20 heavy (non-hydrogen) atoms. The van der Waals surface area contributed by atoms with E-state index in [-0.39, 0.29) is 6.54 Å². The van der Waals surface area contributed by atoms with Crippen LogP contribution in [-0.2, 0) is 18.9 Å². The molecule has 2 aliphatic rings. The number of rotatable bonds is 5. The van der Waals surface area contributed by atoms with Crippen LogP contribution in [0, 0.1) is 0 Å². The zero-order chi connectivity index (χ0) is 14.8. The van der Waals surface area contributed by atoms with Crippen molar-refractivity contribution in [2.24, 2.45) is 10.2 Å². The third kappa shape index (κ3) is 2.80. The molecular formula is C10H16N6O4. The van der Waals surface area contributed by atoms with E-state index in [1.54, 1.807) is 13.8 Å². The first-order valence-electron chi connectivity index (χ1n) is 6.11. The lowest BCUT2D eigenvalue weighted by Crippen LogP contribution is -2.42. The Morgan fingerprint density at radius 1 is 1.30 bits per heavy atom. The second-order valence-electron chi connectivity index (χ2n) is 4.96. The first kappa shape index (κ1) is 14.9. The average Bonchev–Trinajstić information content (AvgIpc) is 2.85. The van der Waals surface area contributed by atoms with E-state index in [1.807, 2.05) is 0 Å². The van der Waals surface area contributed by atoms with E-state index in [4.69, 9.17) is 30.0 Å². The molecule has 10 heteroatoms. The largest absolute Gasteiger partial charge is 0.376 e. The van der Waals surface area contributed by atoms with Gasteiger partial charge in [0.1, 0.15) is 12.2 Å². The van der Waals surface area contributed by atoms with E-state index in [0.717, 1.165) is 0 Å². The van der Waals surface area contributed by atoms with Crippen molar-refractivity contribution in [3.8, 4) is 0 Å². The van der Waals surface area contributed by atoms with Crippen molar-refractivity contribution in [3.05, 3.63) is 20.9 Å². The maximum absolute atomic E-state index is 8.61. The molecule has 0 aromatic heterocycles. The minimum Gasteiger partial charge on any atom is -0.376 e. The van der Waals surface area contributed by atoms with Crippen molar-refractivity contribution in [3.63, 3.8) is 0 Å². The standard InChI is InChI=1S/C10H16N6O4/c1-10(2)19-8-7(17-3)6(18-9(8)20-10)5(14-16-12)4-13-15-11/h5-9H,4H2,1-3H3/t5-,6+,7-,8+,9+/m0/s1. The van der Waals surface area contributed by atoms with Gasteiger partial charge in [-0.05, 0) is 24.9 Å². The number of hydrogen-bond acceptors (Lipinski definition) is 6. The van der Waals surface area contributed by atoms with Crippen LogP contribution in [-0.4, -0.2) is 50.1 Å². The van der Waals surface area contributed by atoms with Gasteiger partial charge in [0.05, 0.1) is 12.1 Å². The number of hydrogen-bond donors (Lipinski definition) is 0. The van der Waals surface area contributed by atoms with Gasteiger partial charge in [-0.25, -0.2) is 0 Å². The van der Waals surface area contributed by atoms with E-state index < -0.39 is 36.4 Å². The fourth-order valence-electron chi connectivity index (χ4n) is 2.47. The predicted octanol–water partition coefficient (Wildman–Crippen LogP) is 1.87. The first-order chi connectivity index (χ1) is 9.52. The highest BCUT2D eigenvalue weighted by atomic mass is 16.8. The minimum absolute atomic E-state index is 0.0199. The molecule has 110 valence electrons. The highest BCUT2D eigenvalue weighted by molar-refractivity contribution is 4.99. The van der Waals surface area contributed by atoms with Gasteiger partial charge in [-0.2, -0.15) is 0 Å². The fourth-order valence-corrected chi connectivity index (χ4v) is 2.47. The molecule has 2 rings (SSSR count). The van der Waals surface area contributed by atoms with Crippen LogP contribution in [0.4, 0.5) is 0 Å². The second-order valence-corrected chi connectivity index (χ2v) is 4.96. The summed E-state index contributed by atoms with van der Waals surface area (Å²) in [4.78, 5) is 5.41. The third-order valence-corrected chi connectivity index (χ3v) is 3.21. The van der Waals surface area contributed by atoms with Gasteiger partial charge in [-0.15, -0.1) is 0 Å². The molecule has 0 amide bonds. The van der Waals surface area contributed by atoms with Crippen LogP contribution < -0.4 is 0 Å². The lowest BCUT2D eigenvalue weighted by Gasteiger charge is -2.27. The highest BCUT2D eigenvalue weighted by Crippen LogP contribution is 2.39. The Morgan fingerprint density at radius 2 is 2.05 bits per heavy atom. The number of ether oxygens (including phenoxy) is 4. The summed E-state index contributed by atoms with van der Waals surface area (Å²) in [6.45, 7) is 3.54. The topological polar surface area (TPSA) is 134 Å². The number of methoxy groups -OCH3 is 1. The normalized spacial score (nSPS) is 35.8. The molecule has 2 fully saturated rings. The van der Waals surface area contributed by atoms with Gasteiger partial charge < -0.3 is 18.9 Å². The van der Waals surface area contributed by atoms with Gasteiger partial charge in [-0.3, -0.25) is 0 Å². The quantitative estimate of drug-likeness (QED) is 0.432. The van der Waals surface area contributed by atoms with Crippen molar-refractivity contribution >= 4 is 0 Å². The van der Waals surface area contributed by atoms with E-state index in [1.165, 1.54) is 7.11 Å². The molecule has 2 aliphatic heterocycles. The molecular weight excluding hydrogens is 268 g/mol. The molecule has 0 aliphatic carbocycles. The maximum Gasteiger partial charge on any atom is 0.190 e. The number of azide groups is 2. The Labute approximate surface area is 115 Å². The van der Waals surface area contributed by atoms with Crippen LogP contribution in [0.3, 0.4) is 0 Å². The summed E-state index contributed by atoms with van der Waals surface area (Å²) in [5.74, 6) is -0.754. The van der Waals surface area contributed by atoms with E-state index >= 15 is 0 Å². The van der Waals surface area contributed by atoms with Gasteiger partial charge in [0.15, 0.2) is 12.1 Å². The van der Waals surface area contributed by atoms with Crippen LogP contribution in [0.1, 0.15) is 13.8 Å². The summed E-state index contributed by atoms with van der Waals surface area (Å²) in [6.07, 6.45) is -2.07. The zero-order valence-corrected chi connectivity index (χ0v) is 11.4. The molecule has 10 nitrogen and oxygen atoms in total. The predicted molar refractivity (Wildman–Crippen MR) is 66.4 cm³/mol. The van der Waals surface area contributed by atoms with Gasteiger partial charge in [0.2, 0.25) is 0 Å². The van der Waals surface area contributed by atoms with E-state index in [9.17, 15) is 0 Å². The molecule has 2 heterocycles. The minimum atomic E-state index is -0.754. The van der Waals surface area contributed by atoms with Crippen molar-refractivity contribution < 1.29 is 18.9 Å². The summed E-state index contributed by atoms with van der Waals surface area (Å²) in [6, 6.07) is -0.679. The molecule has 5 atom stereocenters. The number of fused-ring (bicyclic) bond motifs is 1. The Bertz CT molecular complexity index is 459. The second kappa shape index (κ2) is 5.84. The Hall–Kier alpha value is -1.54. The first-order valence-corrected chi connectivity index (χ1v) is 6.11. The van der Waals surface area contributed by atoms with Crippen molar-refractivity contribution in [2.45, 2.75) is 50.3 Å². The molecule has 2 saturated heterocycles. The van der Waals surface area contributed by atoms with Crippen molar-refractivity contribution in [2.75, 3.05) is 13.7 Å². The molecule has 0 aromatic rings. The molecule has 0 bridgehead atoms. The van der Waals surface area contributed by atoms with E-state index in [2.05, 4.69) is 20.1 Å². The molecule has 0 aromatic carbocycles. The van der Waals surface area contributed by atoms with Crippen molar-refractivity contribution in [1.82, 2.24) is 0 Å². The molecule has 0 unspecified atom stereocenters. The summed E-state index contributed by atoms with van der Waals surface area (Å²) < 4.78 is 22.4. The Morgan fingerprint density at radius 3 is 2.65 bits per heavy atom. The van der Waals surface area contributed by atoms with Crippen LogP contribution in [0.2, 0.25) is 0 Å². The van der Waals surface area contributed by atoms with Gasteiger partial charge in [0.25, 0.3) is 0 Å². The van der Waals surface area contributed by atoms with Crippen LogP contribution in [0.15, 0.2) is 10.2 Å². The highest BCUT2D eigenvalue weighted by Gasteiger charge is 2.56. The van der Waals surface area contributed by atoms with Crippen LogP contribution in [0.25, 0.3) is 20.9 Å². The molecule has 0 spiro atoms. The van der Waals surface area contributed by atoms with Crippen LogP contribution in [0.5, 0.6) is 0 Å². The lowest BCUT2D eigenvalue weighted by atomic mass is 10.0. The summed E-state index contributed by atoms with van der Waals surface area (Å²) >= 11 is 0.